The van der Waals surface area contributed by atoms with Gasteiger partial charge in [-0.3, -0.25) is 10.1 Å². The summed E-state index contributed by atoms with van der Waals surface area (Å²) in [7, 11) is -3.39. The van der Waals surface area contributed by atoms with Gasteiger partial charge in [0.25, 0.3) is 0 Å². The van der Waals surface area contributed by atoms with Crippen LogP contribution in [0.1, 0.15) is 6.42 Å². The summed E-state index contributed by atoms with van der Waals surface area (Å²) in [6, 6.07) is 6.45. The molecule has 0 saturated carbocycles. The van der Waals surface area contributed by atoms with Gasteiger partial charge in [0.05, 0.1) is 12.9 Å². The summed E-state index contributed by atoms with van der Waals surface area (Å²) in [6.07, 6.45) is -0.677. The molecule has 9 heteroatoms. The van der Waals surface area contributed by atoms with Crippen LogP contribution in [-0.2, 0) is 19.8 Å². The minimum absolute atomic E-state index is 0.0300. The second kappa shape index (κ2) is 6.30. The van der Waals surface area contributed by atoms with Crippen LogP contribution >= 0.6 is 0 Å². The summed E-state index contributed by atoms with van der Waals surface area (Å²) in [5.74, 6) is -1.54. The lowest BCUT2D eigenvalue weighted by Crippen LogP contribution is -2.25. The molecular formula is C13H15FN2O5S. The highest BCUT2D eigenvalue weighted by molar-refractivity contribution is 7.86. The number of halogens is 1. The fraction of sp³-hybridized carbons (Fsp3) is 0.385. The number of amides is 2. The number of rotatable bonds is 4. The van der Waals surface area contributed by atoms with E-state index in [0.717, 1.165) is 0 Å². The number of ether oxygens (including phenoxy) is 1. The molecule has 1 aromatic carbocycles. The van der Waals surface area contributed by atoms with Crippen LogP contribution in [0.15, 0.2) is 24.3 Å². The Bertz CT molecular complexity index is 691. The molecule has 0 aliphatic carbocycles. The summed E-state index contributed by atoms with van der Waals surface area (Å²) in [5, 5.41) is 2.46. The largest absolute Gasteiger partial charge is 0.453 e. The van der Waals surface area contributed by atoms with E-state index in [2.05, 4.69) is 10.1 Å². The Morgan fingerprint density at radius 3 is 2.86 bits per heavy atom. The fourth-order valence-corrected chi connectivity index (χ4v) is 3.13. The van der Waals surface area contributed by atoms with E-state index in [4.69, 9.17) is 0 Å². The molecule has 0 spiro atoms. The van der Waals surface area contributed by atoms with Gasteiger partial charge in [-0.15, -0.1) is 3.89 Å². The zero-order valence-corrected chi connectivity index (χ0v) is 12.6. The average molecular weight is 330 g/mol. The molecular weight excluding hydrogens is 315 g/mol. The van der Waals surface area contributed by atoms with Crippen LogP contribution in [0.25, 0.3) is 0 Å². The summed E-state index contributed by atoms with van der Waals surface area (Å²) in [4.78, 5) is 24.5. The minimum atomic E-state index is -4.62. The number of nitrogens with one attached hydrogen (secondary N) is 1. The topological polar surface area (TPSA) is 92.8 Å². The zero-order valence-electron chi connectivity index (χ0n) is 11.8. The SMILES string of the molecule is COC(=O)Nc1cccc(N2CC(CS(=O)(=O)F)CC2=O)c1. The third-order valence-corrected chi connectivity index (χ3v) is 4.10. The first kappa shape index (κ1) is 16.2. The molecule has 1 atom stereocenters. The van der Waals surface area contributed by atoms with Crippen molar-refractivity contribution in [3.63, 3.8) is 0 Å². The molecule has 1 fully saturated rings. The molecule has 1 aliphatic heterocycles. The highest BCUT2D eigenvalue weighted by Gasteiger charge is 2.33. The van der Waals surface area contributed by atoms with E-state index in [0.29, 0.717) is 11.4 Å². The van der Waals surface area contributed by atoms with Crippen LogP contribution in [-0.4, -0.2) is 39.8 Å². The van der Waals surface area contributed by atoms with Crippen LogP contribution in [0.2, 0.25) is 0 Å². The number of carbonyl (C=O) groups is 2. The van der Waals surface area contributed by atoms with Crippen molar-refractivity contribution in [2.75, 3.05) is 29.6 Å². The maximum absolute atomic E-state index is 12.7. The van der Waals surface area contributed by atoms with E-state index in [1.165, 1.54) is 12.0 Å². The summed E-state index contributed by atoms with van der Waals surface area (Å²) < 4.78 is 38.6. The Balaban J connectivity index is 2.13. The smallest absolute Gasteiger partial charge is 0.411 e. The molecule has 1 aromatic rings. The van der Waals surface area contributed by atoms with Crippen LogP contribution in [0.5, 0.6) is 0 Å². The second-order valence-electron chi connectivity index (χ2n) is 4.95. The lowest BCUT2D eigenvalue weighted by Gasteiger charge is -2.17. The first-order valence-corrected chi connectivity index (χ1v) is 8.01. The minimum Gasteiger partial charge on any atom is -0.453 e. The van der Waals surface area contributed by atoms with E-state index in [-0.39, 0.29) is 18.9 Å². The standard InChI is InChI=1S/C13H15FN2O5S/c1-21-13(18)15-10-3-2-4-11(6-10)16-7-9(5-12(16)17)8-22(14,19)20/h2-4,6,9H,5,7-8H2,1H3,(H,15,18). The number of hydrogen-bond donors (Lipinski definition) is 1. The van der Waals surface area contributed by atoms with Crippen molar-refractivity contribution in [1.82, 2.24) is 0 Å². The Hall–Kier alpha value is -2.16. The Labute approximate surface area is 127 Å². The van der Waals surface area contributed by atoms with Gasteiger partial charge in [-0.1, -0.05) is 6.07 Å². The number of anilines is 2. The van der Waals surface area contributed by atoms with Crippen LogP contribution in [0, 0.1) is 5.92 Å². The lowest BCUT2D eigenvalue weighted by molar-refractivity contribution is -0.117. The van der Waals surface area contributed by atoms with Crippen LogP contribution < -0.4 is 10.2 Å². The van der Waals surface area contributed by atoms with Gasteiger partial charge >= 0.3 is 16.3 Å². The number of benzene rings is 1. The predicted octanol–water partition coefficient (Wildman–Crippen LogP) is 1.52. The van der Waals surface area contributed by atoms with Gasteiger partial charge < -0.3 is 9.64 Å². The lowest BCUT2D eigenvalue weighted by atomic mass is 10.1. The molecule has 0 radical (unpaired) electrons. The summed E-state index contributed by atoms with van der Waals surface area (Å²) in [5.41, 5.74) is 0.927. The van der Waals surface area contributed by atoms with Crippen molar-refractivity contribution < 1.29 is 26.6 Å². The molecule has 1 unspecified atom stereocenters. The number of hydrogen-bond acceptors (Lipinski definition) is 5. The van der Waals surface area contributed by atoms with Crippen molar-refractivity contribution in [1.29, 1.82) is 0 Å². The van der Waals surface area contributed by atoms with Gasteiger partial charge in [0.1, 0.15) is 0 Å². The Kier molecular flexibility index (Phi) is 4.65. The van der Waals surface area contributed by atoms with Crippen molar-refractivity contribution in [3.05, 3.63) is 24.3 Å². The van der Waals surface area contributed by atoms with Gasteiger partial charge in [-0.25, -0.2) is 4.79 Å². The molecule has 120 valence electrons. The third kappa shape index (κ3) is 4.17. The Morgan fingerprint density at radius 2 is 2.23 bits per heavy atom. The molecule has 1 N–H and O–H groups in total. The second-order valence-corrected chi connectivity index (χ2v) is 6.36. The monoisotopic (exact) mass is 330 g/mol. The fourth-order valence-electron chi connectivity index (χ4n) is 2.34. The zero-order chi connectivity index (χ0) is 16.3. The van der Waals surface area contributed by atoms with E-state index < -0.39 is 28.0 Å². The van der Waals surface area contributed by atoms with Crippen molar-refractivity contribution in [3.8, 4) is 0 Å². The average Bonchev–Trinajstić information content (AvgIpc) is 2.77. The molecule has 1 saturated heterocycles. The maximum Gasteiger partial charge on any atom is 0.411 e. The van der Waals surface area contributed by atoms with E-state index in [1.807, 2.05) is 0 Å². The van der Waals surface area contributed by atoms with Crippen molar-refractivity contribution in [2.24, 2.45) is 5.92 Å². The van der Waals surface area contributed by atoms with E-state index >= 15 is 0 Å². The Morgan fingerprint density at radius 1 is 1.50 bits per heavy atom. The summed E-state index contributed by atoms with van der Waals surface area (Å²) >= 11 is 0. The molecule has 1 aliphatic rings. The van der Waals surface area contributed by atoms with Crippen LogP contribution in [0.3, 0.4) is 0 Å². The highest BCUT2D eigenvalue weighted by Crippen LogP contribution is 2.28. The van der Waals surface area contributed by atoms with E-state index in [1.54, 1.807) is 24.3 Å². The van der Waals surface area contributed by atoms with E-state index in [9.17, 15) is 21.9 Å². The molecule has 1 heterocycles. The number of methoxy groups -OCH3 is 1. The van der Waals surface area contributed by atoms with Crippen molar-refractivity contribution >= 4 is 33.6 Å². The first-order chi connectivity index (χ1) is 10.3. The maximum atomic E-state index is 12.7. The molecule has 2 rings (SSSR count). The van der Waals surface area contributed by atoms with Gasteiger partial charge in [-0.2, -0.15) is 8.42 Å². The number of nitrogens with zero attached hydrogens (tertiary/aromatic N) is 1. The number of carbonyl (C=O) groups excluding carboxylic acids is 2. The van der Waals surface area contributed by atoms with Gasteiger partial charge in [0.15, 0.2) is 0 Å². The van der Waals surface area contributed by atoms with Gasteiger partial charge in [0, 0.05) is 30.3 Å². The predicted molar refractivity (Wildman–Crippen MR) is 77.8 cm³/mol. The van der Waals surface area contributed by atoms with Crippen LogP contribution in [0.4, 0.5) is 20.1 Å². The molecule has 0 aromatic heterocycles. The third-order valence-electron chi connectivity index (χ3n) is 3.23. The van der Waals surface area contributed by atoms with Gasteiger partial charge in [0.2, 0.25) is 5.91 Å². The summed E-state index contributed by atoms with van der Waals surface area (Å²) in [6.45, 7) is 0.115. The first-order valence-electron chi connectivity index (χ1n) is 6.46. The normalized spacial score (nSPS) is 18.4. The van der Waals surface area contributed by atoms with Gasteiger partial charge in [-0.05, 0) is 18.2 Å². The highest BCUT2D eigenvalue weighted by atomic mass is 32.3. The molecule has 22 heavy (non-hydrogen) atoms. The van der Waals surface area contributed by atoms with Crippen molar-refractivity contribution in [2.45, 2.75) is 6.42 Å². The molecule has 2 amide bonds. The molecule has 0 bridgehead atoms. The quantitative estimate of drug-likeness (QED) is 0.845. The molecule has 7 nitrogen and oxygen atoms in total.